The number of benzene rings is 1. The first kappa shape index (κ1) is 20.4. The van der Waals surface area contributed by atoms with E-state index in [0.717, 1.165) is 4.88 Å². The molecular weight excluding hydrogens is 390 g/mol. The second-order valence-corrected chi connectivity index (χ2v) is 6.87. The predicted molar refractivity (Wildman–Crippen MR) is 101 cm³/mol. The Kier molecular flexibility index (Phi) is 7.34. The molecule has 0 aliphatic heterocycles. The second-order valence-electron chi connectivity index (χ2n) is 5.49. The van der Waals surface area contributed by atoms with Crippen LogP contribution in [0.25, 0.3) is 0 Å². The summed E-state index contributed by atoms with van der Waals surface area (Å²) in [6.07, 6.45) is -0.0872. The third-order valence-corrected chi connectivity index (χ3v) is 4.67. The van der Waals surface area contributed by atoms with Crippen molar-refractivity contribution >= 4 is 46.4 Å². The molecule has 0 bridgehead atoms. The standard InChI is InChI=1S/C18H16ClN3O4S/c1-11(23)21-15(16-3-2-6-27-16)8-18(25)26-10-17(24)22-13-5-4-12(9-20)14(19)7-13/h2-7,15H,8,10H2,1H3,(H,21,23)(H,22,24). The summed E-state index contributed by atoms with van der Waals surface area (Å²) in [7, 11) is 0. The zero-order chi connectivity index (χ0) is 19.8. The number of anilines is 1. The van der Waals surface area contributed by atoms with Gasteiger partial charge in [-0.1, -0.05) is 17.7 Å². The topological polar surface area (TPSA) is 108 Å². The zero-order valence-electron chi connectivity index (χ0n) is 14.3. The lowest BCUT2D eigenvalue weighted by atomic mass is 10.1. The number of hydrogen-bond acceptors (Lipinski definition) is 6. The Morgan fingerprint density at radius 3 is 2.70 bits per heavy atom. The number of esters is 1. The molecule has 9 heteroatoms. The molecule has 1 heterocycles. The van der Waals surface area contributed by atoms with Crippen LogP contribution in [0.3, 0.4) is 0 Å². The van der Waals surface area contributed by atoms with Gasteiger partial charge in [0.05, 0.1) is 23.0 Å². The first-order chi connectivity index (χ1) is 12.9. The molecule has 27 heavy (non-hydrogen) atoms. The van der Waals surface area contributed by atoms with Crippen LogP contribution < -0.4 is 10.6 Å². The maximum atomic E-state index is 12.0. The Hall–Kier alpha value is -2.89. The SMILES string of the molecule is CC(=O)NC(CC(=O)OCC(=O)Nc1ccc(C#N)c(Cl)c1)c1cccs1. The largest absolute Gasteiger partial charge is 0.455 e. The monoisotopic (exact) mass is 405 g/mol. The summed E-state index contributed by atoms with van der Waals surface area (Å²) in [6, 6.07) is 9.46. The van der Waals surface area contributed by atoms with Gasteiger partial charge in [-0.2, -0.15) is 5.26 Å². The van der Waals surface area contributed by atoms with Crippen LogP contribution in [0.1, 0.15) is 29.8 Å². The van der Waals surface area contributed by atoms with Gasteiger partial charge in [-0.25, -0.2) is 0 Å². The van der Waals surface area contributed by atoms with E-state index in [9.17, 15) is 14.4 Å². The van der Waals surface area contributed by atoms with E-state index in [1.165, 1.54) is 36.5 Å². The first-order valence-electron chi connectivity index (χ1n) is 7.84. The lowest BCUT2D eigenvalue weighted by molar-refractivity contribution is -0.147. The number of thiophene rings is 1. The van der Waals surface area contributed by atoms with Crippen molar-refractivity contribution in [2.24, 2.45) is 0 Å². The Morgan fingerprint density at radius 2 is 2.11 bits per heavy atom. The normalized spacial score (nSPS) is 11.1. The quantitative estimate of drug-likeness (QED) is 0.688. The van der Waals surface area contributed by atoms with E-state index >= 15 is 0 Å². The predicted octanol–water partition coefficient (Wildman–Crippen LogP) is 3.02. The molecule has 0 saturated heterocycles. The smallest absolute Gasteiger partial charge is 0.308 e. The average Bonchev–Trinajstić information content (AvgIpc) is 3.14. The van der Waals surface area contributed by atoms with E-state index in [1.54, 1.807) is 6.07 Å². The van der Waals surface area contributed by atoms with Gasteiger partial charge < -0.3 is 15.4 Å². The van der Waals surface area contributed by atoms with Gasteiger partial charge in [0.25, 0.3) is 5.91 Å². The number of rotatable bonds is 7. The summed E-state index contributed by atoms with van der Waals surface area (Å²) in [4.78, 5) is 36.1. The lowest BCUT2D eigenvalue weighted by Gasteiger charge is -2.15. The maximum absolute atomic E-state index is 12.0. The van der Waals surface area contributed by atoms with Crippen molar-refractivity contribution in [3.05, 3.63) is 51.2 Å². The molecule has 0 fully saturated rings. The molecule has 0 aliphatic rings. The molecule has 2 amide bonds. The van der Waals surface area contributed by atoms with E-state index < -0.39 is 24.5 Å². The fraction of sp³-hybridized carbons (Fsp3) is 0.222. The van der Waals surface area contributed by atoms with Gasteiger partial charge in [0.2, 0.25) is 5.91 Å². The summed E-state index contributed by atoms with van der Waals surface area (Å²) in [5.41, 5.74) is 0.674. The molecule has 2 N–H and O–H groups in total. The number of nitrogens with one attached hydrogen (secondary N) is 2. The van der Waals surface area contributed by atoms with Crippen LogP contribution in [0.5, 0.6) is 0 Å². The molecule has 0 radical (unpaired) electrons. The van der Waals surface area contributed by atoms with Crippen molar-refractivity contribution in [1.82, 2.24) is 5.32 Å². The third kappa shape index (κ3) is 6.40. The van der Waals surface area contributed by atoms with E-state index in [4.69, 9.17) is 21.6 Å². The van der Waals surface area contributed by atoms with E-state index in [2.05, 4.69) is 10.6 Å². The summed E-state index contributed by atoms with van der Waals surface area (Å²) in [5.74, 6) is -1.43. The van der Waals surface area contributed by atoms with Crippen molar-refractivity contribution in [3.8, 4) is 6.07 Å². The van der Waals surface area contributed by atoms with Gasteiger partial charge in [0.1, 0.15) is 6.07 Å². The molecule has 2 aromatic rings. The Bertz CT molecular complexity index is 877. The summed E-state index contributed by atoms with van der Waals surface area (Å²) in [5, 5.41) is 16.1. The number of nitrogens with zero attached hydrogens (tertiary/aromatic N) is 1. The van der Waals surface area contributed by atoms with Crippen molar-refractivity contribution in [2.45, 2.75) is 19.4 Å². The minimum Gasteiger partial charge on any atom is -0.455 e. The minimum atomic E-state index is -0.616. The Balaban J connectivity index is 1.86. The highest BCUT2D eigenvalue weighted by atomic mass is 35.5. The molecule has 1 atom stereocenters. The molecule has 1 aromatic carbocycles. The molecule has 0 spiro atoms. The van der Waals surface area contributed by atoms with Crippen molar-refractivity contribution in [3.63, 3.8) is 0 Å². The lowest BCUT2D eigenvalue weighted by Crippen LogP contribution is -2.29. The average molecular weight is 406 g/mol. The zero-order valence-corrected chi connectivity index (χ0v) is 15.9. The number of carbonyl (C=O) groups is 3. The number of carbonyl (C=O) groups excluding carboxylic acids is 3. The van der Waals surface area contributed by atoms with Gasteiger partial charge in [-0.15, -0.1) is 11.3 Å². The van der Waals surface area contributed by atoms with Gasteiger partial charge in [-0.3, -0.25) is 14.4 Å². The molecule has 140 valence electrons. The van der Waals surface area contributed by atoms with E-state index in [-0.39, 0.29) is 17.4 Å². The highest BCUT2D eigenvalue weighted by Gasteiger charge is 2.19. The number of halogens is 1. The molecule has 7 nitrogen and oxygen atoms in total. The minimum absolute atomic E-state index is 0.0872. The molecular formula is C18H16ClN3O4S. The van der Waals surface area contributed by atoms with Crippen molar-refractivity contribution in [1.29, 1.82) is 5.26 Å². The molecule has 0 aliphatic carbocycles. The highest BCUT2D eigenvalue weighted by molar-refractivity contribution is 7.10. The van der Waals surface area contributed by atoms with Crippen LogP contribution >= 0.6 is 22.9 Å². The van der Waals surface area contributed by atoms with Crippen LogP contribution in [0.4, 0.5) is 5.69 Å². The second kappa shape index (κ2) is 9.71. The van der Waals surface area contributed by atoms with Gasteiger partial charge in [0, 0.05) is 17.5 Å². The van der Waals surface area contributed by atoms with Gasteiger partial charge in [0.15, 0.2) is 6.61 Å². The summed E-state index contributed by atoms with van der Waals surface area (Å²) in [6.45, 7) is 0.885. The van der Waals surface area contributed by atoms with Crippen LogP contribution in [-0.2, 0) is 19.1 Å². The number of nitriles is 1. The number of ether oxygens (including phenoxy) is 1. The summed E-state index contributed by atoms with van der Waals surface area (Å²) < 4.78 is 4.98. The van der Waals surface area contributed by atoms with Crippen LogP contribution in [0.15, 0.2) is 35.7 Å². The van der Waals surface area contributed by atoms with Gasteiger partial charge in [-0.05, 0) is 29.6 Å². The molecule has 1 unspecified atom stereocenters. The fourth-order valence-corrected chi connectivity index (χ4v) is 3.21. The molecule has 0 saturated carbocycles. The van der Waals surface area contributed by atoms with Crippen LogP contribution in [0, 0.1) is 11.3 Å². The van der Waals surface area contributed by atoms with E-state index in [1.807, 2.05) is 17.5 Å². The molecule has 2 rings (SSSR count). The Morgan fingerprint density at radius 1 is 1.33 bits per heavy atom. The van der Waals surface area contributed by atoms with Crippen LogP contribution in [0.2, 0.25) is 5.02 Å². The van der Waals surface area contributed by atoms with Crippen molar-refractivity contribution in [2.75, 3.05) is 11.9 Å². The van der Waals surface area contributed by atoms with E-state index in [0.29, 0.717) is 11.3 Å². The van der Waals surface area contributed by atoms with Crippen molar-refractivity contribution < 1.29 is 19.1 Å². The maximum Gasteiger partial charge on any atom is 0.308 e. The van der Waals surface area contributed by atoms with Gasteiger partial charge >= 0.3 is 5.97 Å². The third-order valence-electron chi connectivity index (χ3n) is 3.37. The van der Waals surface area contributed by atoms with Crippen LogP contribution in [-0.4, -0.2) is 24.4 Å². The fourth-order valence-electron chi connectivity index (χ4n) is 2.21. The number of amides is 2. The Labute approximate surface area is 164 Å². The molecule has 1 aromatic heterocycles. The highest BCUT2D eigenvalue weighted by Crippen LogP contribution is 2.23. The summed E-state index contributed by atoms with van der Waals surface area (Å²) >= 11 is 7.30. The first-order valence-corrected chi connectivity index (χ1v) is 9.10. The number of hydrogen-bond donors (Lipinski definition) is 2.